The van der Waals surface area contributed by atoms with Crippen molar-refractivity contribution in [2.75, 3.05) is 0 Å². The van der Waals surface area contributed by atoms with Crippen LogP contribution < -0.4 is 0 Å². The molecular formula is C3HClF2O2. The Hall–Kier alpha value is -0.640. The molecular weight excluding hydrogens is 141 g/mol. The van der Waals surface area contributed by atoms with Crippen molar-refractivity contribution >= 4 is 17.6 Å². The first-order valence-electron chi connectivity index (χ1n) is 1.49. The Bertz CT molecular complexity index is 138. The van der Waals surface area contributed by atoms with Gasteiger partial charge in [-0.1, -0.05) is 0 Å². The number of aliphatic carboxylic acids is 1. The molecule has 0 aromatic heterocycles. The largest absolute Gasteiger partial charge is 0.476 e. The second-order valence-corrected chi connectivity index (χ2v) is 1.21. The van der Waals surface area contributed by atoms with Crippen molar-refractivity contribution in [2.24, 2.45) is 0 Å². The normalized spacial score (nSPS) is 12.9. The maximum absolute atomic E-state index is 11.4. The lowest BCUT2D eigenvalue weighted by Gasteiger charge is -1.82. The van der Waals surface area contributed by atoms with Crippen LogP contribution in [0.5, 0.6) is 0 Å². The molecule has 0 aromatic carbocycles. The third-order valence-corrected chi connectivity index (χ3v) is 0.520. The molecule has 0 rings (SSSR count). The third kappa shape index (κ3) is 1.88. The Morgan fingerprint density at radius 1 is 1.50 bits per heavy atom. The zero-order valence-corrected chi connectivity index (χ0v) is 4.25. The van der Waals surface area contributed by atoms with E-state index in [4.69, 9.17) is 5.11 Å². The monoisotopic (exact) mass is 142 g/mol. The van der Waals surface area contributed by atoms with Gasteiger partial charge in [0.25, 0.3) is 5.83 Å². The van der Waals surface area contributed by atoms with Crippen LogP contribution in [-0.2, 0) is 4.79 Å². The fraction of sp³-hybridized carbons (Fsp3) is 0. The van der Waals surface area contributed by atoms with Gasteiger partial charge in [0, 0.05) is 0 Å². The molecule has 0 bridgehead atoms. The predicted molar refractivity (Wildman–Crippen MR) is 22.7 cm³/mol. The molecule has 1 N–H and O–H groups in total. The second kappa shape index (κ2) is 2.61. The molecule has 0 spiro atoms. The molecule has 0 saturated heterocycles. The number of carbonyl (C=O) groups is 1. The molecule has 0 aliphatic heterocycles. The molecule has 46 valence electrons. The fourth-order valence-corrected chi connectivity index (χ4v) is 0.162. The van der Waals surface area contributed by atoms with Gasteiger partial charge in [-0.2, -0.15) is 8.78 Å². The van der Waals surface area contributed by atoms with E-state index >= 15 is 0 Å². The number of carboxylic acids is 1. The average molecular weight is 142 g/mol. The first-order valence-corrected chi connectivity index (χ1v) is 1.87. The van der Waals surface area contributed by atoms with E-state index in [0.717, 1.165) is 0 Å². The minimum absolute atomic E-state index is 1.84. The molecule has 0 saturated carbocycles. The van der Waals surface area contributed by atoms with Gasteiger partial charge < -0.3 is 5.11 Å². The van der Waals surface area contributed by atoms with E-state index in [-0.39, 0.29) is 0 Å². The predicted octanol–water partition coefficient (Wildman–Crippen LogP) is 1.42. The molecule has 0 aliphatic carbocycles. The summed E-state index contributed by atoms with van der Waals surface area (Å²) < 4.78 is 22.7. The summed E-state index contributed by atoms with van der Waals surface area (Å²) in [4.78, 5) is 9.38. The maximum Gasteiger partial charge on any atom is 0.368 e. The van der Waals surface area contributed by atoms with Crippen LogP contribution in [-0.4, -0.2) is 11.1 Å². The molecule has 8 heavy (non-hydrogen) atoms. The van der Waals surface area contributed by atoms with Gasteiger partial charge in [-0.05, 0) is 11.6 Å². The molecule has 0 aliphatic rings. The zero-order valence-electron chi connectivity index (χ0n) is 3.49. The van der Waals surface area contributed by atoms with E-state index in [1.54, 1.807) is 0 Å². The summed E-state index contributed by atoms with van der Waals surface area (Å²) in [5.41, 5.74) is 0. The standard InChI is InChI=1S/C3HClF2O2/c4-2(6)1(5)3(7)8/h(H,7,8). The van der Waals surface area contributed by atoms with Crippen molar-refractivity contribution in [3.05, 3.63) is 11.1 Å². The Morgan fingerprint density at radius 2 is 1.88 bits per heavy atom. The second-order valence-electron chi connectivity index (χ2n) is 0.880. The van der Waals surface area contributed by atoms with Gasteiger partial charge in [-0.15, -0.1) is 0 Å². The highest BCUT2D eigenvalue weighted by atomic mass is 35.5. The van der Waals surface area contributed by atoms with Crippen LogP contribution in [0.2, 0.25) is 0 Å². The van der Waals surface area contributed by atoms with Gasteiger partial charge in [0.05, 0.1) is 0 Å². The fourth-order valence-electron chi connectivity index (χ4n) is 0.0808. The van der Waals surface area contributed by atoms with Crippen LogP contribution in [0.4, 0.5) is 8.78 Å². The molecule has 0 heterocycles. The molecule has 0 amide bonds. The van der Waals surface area contributed by atoms with Gasteiger partial charge in [-0.3, -0.25) is 0 Å². The first kappa shape index (κ1) is 7.36. The van der Waals surface area contributed by atoms with Crippen LogP contribution in [0.3, 0.4) is 0 Å². The van der Waals surface area contributed by atoms with Gasteiger partial charge in [-0.25, -0.2) is 4.79 Å². The summed E-state index contributed by atoms with van der Waals surface area (Å²) in [5, 5.41) is 5.76. The van der Waals surface area contributed by atoms with Crippen molar-refractivity contribution < 1.29 is 18.7 Å². The summed E-state index contributed by atoms with van der Waals surface area (Å²) in [6.45, 7) is 0. The van der Waals surface area contributed by atoms with Gasteiger partial charge in [0.1, 0.15) is 0 Å². The lowest BCUT2D eigenvalue weighted by atomic mass is 10.6. The molecule has 0 unspecified atom stereocenters. The van der Waals surface area contributed by atoms with Crippen LogP contribution >= 0.6 is 11.6 Å². The van der Waals surface area contributed by atoms with Crippen molar-refractivity contribution in [3.63, 3.8) is 0 Å². The minimum Gasteiger partial charge on any atom is -0.476 e. The highest BCUT2D eigenvalue weighted by Crippen LogP contribution is 2.11. The maximum atomic E-state index is 11.4. The Morgan fingerprint density at radius 3 is 1.88 bits per heavy atom. The molecule has 2 nitrogen and oxygen atoms in total. The van der Waals surface area contributed by atoms with Gasteiger partial charge >= 0.3 is 5.97 Å². The molecule has 0 radical (unpaired) electrons. The smallest absolute Gasteiger partial charge is 0.368 e. The van der Waals surface area contributed by atoms with Crippen LogP contribution in [0.15, 0.2) is 11.1 Å². The van der Waals surface area contributed by atoms with Crippen LogP contribution in [0.25, 0.3) is 0 Å². The van der Waals surface area contributed by atoms with Crippen molar-refractivity contribution in [1.82, 2.24) is 0 Å². The van der Waals surface area contributed by atoms with E-state index in [9.17, 15) is 13.6 Å². The summed E-state index contributed by atoms with van der Waals surface area (Å²) >= 11 is 4.28. The van der Waals surface area contributed by atoms with Crippen molar-refractivity contribution in [1.29, 1.82) is 0 Å². The summed E-state index contributed by atoms with van der Waals surface area (Å²) in [6, 6.07) is 0. The van der Waals surface area contributed by atoms with E-state index in [0.29, 0.717) is 0 Å². The number of carboxylic acid groups (broad SMARTS) is 1. The average Bonchev–Trinajstić information content (AvgIpc) is 1.64. The number of halogens is 3. The Labute approximate surface area is 48.4 Å². The zero-order chi connectivity index (χ0) is 6.73. The Balaban J connectivity index is 4.23. The molecule has 0 aromatic rings. The van der Waals surface area contributed by atoms with Gasteiger partial charge in [0.15, 0.2) is 0 Å². The summed E-state index contributed by atoms with van der Waals surface area (Å²) in [7, 11) is 0. The molecule has 0 atom stereocenters. The third-order valence-electron chi connectivity index (χ3n) is 0.354. The minimum atomic E-state index is -2.00. The highest BCUT2D eigenvalue weighted by molar-refractivity contribution is 6.29. The van der Waals surface area contributed by atoms with E-state index in [2.05, 4.69) is 11.6 Å². The Kier molecular flexibility index (Phi) is 2.41. The van der Waals surface area contributed by atoms with Crippen LogP contribution in [0.1, 0.15) is 0 Å². The first-order chi connectivity index (χ1) is 3.55. The SMILES string of the molecule is O=C(O)C(F)=C(F)Cl. The van der Waals surface area contributed by atoms with Crippen molar-refractivity contribution in [2.45, 2.75) is 0 Å². The lowest BCUT2D eigenvalue weighted by molar-refractivity contribution is -0.134. The number of hydrogen-bond acceptors (Lipinski definition) is 1. The summed E-state index contributed by atoms with van der Waals surface area (Å²) in [6.07, 6.45) is 0. The lowest BCUT2D eigenvalue weighted by Crippen LogP contribution is -1.94. The number of rotatable bonds is 1. The quantitative estimate of drug-likeness (QED) is 0.562. The summed E-state index contributed by atoms with van der Waals surface area (Å²) in [5.74, 6) is -3.97. The van der Waals surface area contributed by atoms with Crippen LogP contribution in [0, 0.1) is 0 Å². The number of hydrogen-bond donors (Lipinski definition) is 1. The molecule has 0 fully saturated rings. The van der Waals surface area contributed by atoms with E-state index < -0.39 is 17.1 Å². The van der Waals surface area contributed by atoms with Crippen molar-refractivity contribution in [3.8, 4) is 0 Å². The van der Waals surface area contributed by atoms with E-state index in [1.807, 2.05) is 0 Å². The highest BCUT2D eigenvalue weighted by Gasteiger charge is 2.10. The van der Waals surface area contributed by atoms with E-state index in [1.165, 1.54) is 0 Å². The topological polar surface area (TPSA) is 37.3 Å². The van der Waals surface area contributed by atoms with Gasteiger partial charge in [0.2, 0.25) is 5.29 Å². The molecule has 5 heteroatoms.